The van der Waals surface area contributed by atoms with Gasteiger partial charge < -0.3 is 4.74 Å². The third-order valence-electron chi connectivity index (χ3n) is 4.58. The molecule has 0 amide bonds. The van der Waals surface area contributed by atoms with Crippen LogP contribution in [0.15, 0.2) is 47.4 Å². The molecular formula is C18H19F2N3O5S. The molecule has 29 heavy (non-hydrogen) atoms. The van der Waals surface area contributed by atoms with E-state index >= 15 is 0 Å². The average molecular weight is 427 g/mol. The van der Waals surface area contributed by atoms with Gasteiger partial charge in [0.05, 0.1) is 4.92 Å². The molecule has 11 heteroatoms. The molecule has 8 nitrogen and oxygen atoms in total. The number of nitrogens with zero attached hydrogens (tertiary/aromatic N) is 3. The second kappa shape index (κ2) is 8.80. The zero-order chi connectivity index (χ0) is 21.0. The topological polar surface area (TPSA) is 93.0 Å². The SMILES string of the molecule is O=[N+]([O-])c1ccccc1OCCN1CCN(S(=O)(=O)c2c(F)cccc2F)CC1. The lowest BCUT2D eigenvalue weighted by Crippen LogP contribution is -2.49. The molecule has 0 aliphatic carbocycles. The van der Waals surface area contributed by atoms with Crippen LogP contribution in [0.2, 0.25) is 0 Å². The van der Waals surface area contributed by atoms with E-state index < -0.39 is 31.5 Å². The van der Waals surface area contributed by atoms with Crippen molar-refractivity contribution in [3.63, 3.8) is 0 Å². The number of nitro benzene ring substituents is 1. The van der Waals surface area contributed by atoms with Gasteiger partial charge in [0.15, 0.2) is 10.6 Å². The van der Waals surface area contributed by atoms with Crippen molar-refractivity contribution in [2.24, 2.45) is 0 Å². The van der Waals surface area contributed by atoms with E-state index in [9.17, 15) is 27.3 Å². The van der Waals surface area contributed by atoms with Crippen molar-refractivity contribution >= 4 is 15.7 Å². The van der Waals surface area contributed by atoms with E-state index in [1.54, 1.807) is 12.1 Å². The van der Waals surface area contributed by atoms with Gasteiger partial charge in [0.2, 0.25) is 10.0 Å². The van der Waals surface area contributed by atoms with Crippen LogP contribution in [0.25, 0.3) is 0 Å². The summed E-state index contributed by atoms with van der Waals surface area (Å²) in [4.78, 5) is 11.4. The predicted octanol–water partition coefficient (Wildman–Crippen LogP) is 2.26. The summed E-state index contributed by atoms with van der Waals surface area (Å²) in [6, 6.07) is 8.96. The van der Waals surface area contributed by atoms with Gasteiger partial charge in [-0.2, -0.15) is 4.31 Å². The fraction of sp³-hybridized carbons (Fsp3) is 0.333. The quantitative estimate of drug-likeness (QED) is 0.497. The molecule has 2 aromatic carbocycles. The van der Waals surface area contributed by atoms with Gasteiger partial charge in [-0.15, -0.1) is 0 Å². The van der Waals surface area contributed by atoms with E-state index in [1.165, 1.54) is 12.1 Å². The Morgan fingerprint density at radius 2 is 1.62 bits per heavy atom. The van der Waals surface area contributed by atoms with Crippen LogP contribution in [0, 0.1) is 21.7 Å². The summed E-state index contributed by atoms with van der Waals surface area (Å²) in [7, 11) is -4.27. The molecule has 2 aromatic rings. The third-order valence-corrected chi connectivity index (χ3v) is 6.53. The molecule has 0 radical (unpaired) electrons. The number of hydrogen-bond acceptors (Lipinski definition) is 6. The fourth-order valence-electron chi connectivity index (χ4n) is 3.07. The standard InChI is InChI=1S/C18H19F2N3O5S/c19-14-4-3-5-15(20)18(14)29(26,27)22-10-8-21(9-11-22)12-13-28-17-7-2-1-6-16(17)23(24)25/h1-7H,8-13H2. The first kappa shape index (κ1) is 21.1. The second-order valence-electron chi connectivity index (χ2n) is 6.37. The van der Waals surface area contributed by atoms with Gasteiger partial charge in [0, 0.05) is 38.8 Å². The van der Waals surface area contributed by atoms with Gasteiger partial charge in [0.1, 0.15) is 18.2 Å². The molecule has 1 aliphatic heterocycles. The molecule has 0 bridgehead atoms. The number of hydrogen-bond donors (Lipinski definition) is 0. The molecule has 0 spiro atoms. The lowest BCUT2D eigenvalue weighted by molar-refractivity contribution is -0.385. The number of sulfonamides is 1. The smallest absolute Gasteiger partial charge is 0.310 e. The van der Waals surface area contributed by atoms with Crippen molar-refractivity contribution < 1.29 is 26.9 Å². The van der Waals surface area contributed by atoms with E-state index in [2.05, 4.69) is 0 Å². The van der Waals surface area contributed by atoms with E-state index in [0.29, 0.717) is 19.6 Å². The van der Waals surface area contributed by atoms with Crippen molar-refractivity contribution in [1.29, 1.82) is 0 Å². The number of ether oxygens (including phenoxy) is 1. The summed E-state index contributed by atoms with van der Waals surface area (Å²) in [6.07, 6.45) is 0. The summed E-state index contributed by atoms with van der Waals surface area (Å²) in [5.41, 5.74) is -0.129. The normalized spacial score (nSPS) is 15.9. The van der Waals surface area contributed by atoms with Gasteiger partial charge in [-0.1, -0.05) is 18.2 Å². The highest BCUT2D eigenvalue weighted by Gasteiger charge is 2.33. The average Bonchev–Trinajstić information content (AvgIpc) is 2.68. The van der Waals surface area contributed by atoms with E-state index in [1.807, 2.05) is 4.90 Å². The van der Waals surface area contributed by atoms with Gasteiger partial charge in [-0.3, -0.25) is 15.0 Å². The summed E-state index contributed by atoms with van der Waals surface area (Å²) in [5, 5.41) is 11.0. The van der Waals surface area contributed by atoms with Crippen LogP contribution in [0.4, 0.5) is 14.5 Å². The summed E-state index contributed by atoms with van der Waals surface area (Å²) < 4.78 is 59.4. The van der Waals surface area contributed by atoms with Gasteiger partial charge in [-0.05, 0) is 18.2 Å². The monoisotopic (exact) mass is 427 g/mol. The molecule has 1 saturated heterocycles. The number of piperazine rings is 1. The number of para-hydroxylation sites is 2. The molecule has 0 N–H and O–H groups in total. The molecular weight excluding hydrogens is 408 g/mol. The maximum absolute atomic E-state index is 13.9. The van der Waals surface area contributed by atoms with Gasteiger partial charge in [0.25, 0.3) is 0 Å². The zero-order valence-corrected chi connectivity index (χ0v) is 16.1. The number of halogens is 2. The first-order valence-corrected chi connectivity index (χ1v) is 10.3. The zero-order valence-electron chi connectivity index (χ0n) is 15.3. The Bertz CT molecular complexity index is 974. The van der Waals surface area contributed by atoms with Crippen LogP contribution in [0.5, 0.6) is 5.75 Å². The number of rotatable bonds is 7. The molecule has 0 unspecified atom stereocenters. The molecule has 1 heterocycles. The molecule has 3 rings (SSSR count). The van der Waals surface area contributed by atoms with Crippen molar-refractivity contribution in [2.45, 2.75) is 4.90 Å². The van der Waals surface area contributed by atoms with Crippen LogP contribution < -0.4 is 4.74 Å². The maximum atomic E-state index is 13.9. The van der Waals surface area contributed by atoms with Crippen LogP contribution in [0.3, 0.4) is 0 Å². The van der Waals surface area contributed by atoms with E-state index in [0.717, 1.165) is 22.5 Å². The Labute approximate surface area is 166 Å². The van der Waals surface area contributed by atoms with Crippen molar-refractivity contribution in [3.05, 3.63) is 64.2 Å². The third kappa shape index (κ3) is 4.69. The van der Waals surface area contributed by atoms with Crippen LogP contribution in [-0.4, -0.2) is 61.9 Å². The molecule has 0 aromatic heterocycles. The summed E-state index contributed by atoms with van der Waals surface area (Å²) >= 11 is 0. The van der Waals surface area contributed by atoms with Crippen molar-refractivity contribution in [1.82, 2.24) is 9.21 Å². The minimum absolute atomic E-state index is 0.0710. The lowest BCUT2D eigenvalue weighted by Gasteiger charge is -2.33. The van der Waals surface area contributed by atoms with Crippen molar-refractivity contribution in [3.8, 4) is 5.75 Å². The molecule has 0 atom stereocenters. The molecule has 0 saturated carbocycles. The predicted molar refractivity (Wildman–Crippen MR) is 100 cm³/mol. The van der Waals surface area contributed by atoms with Gasteiger partial charge >= 0.3 is 5.69 Å². The van der Waals surface area contributed by atoms with Crippen LogP contribution in [-0.2, 0) is 10.0 Å². The van der Waals surface area contributed by atoms with E-state index in [4.69, 9.17) is 4.74 Å². The van der Waals surface area contributed by atoms with E-state index in [-0.39, 0.29) is 31.1 Å². The molecule has 1 aliphatic rings. The highest BCUT2D eigenvalue weighted by Crippen LogP contribution is 2.26. The minimum Gasteiger partial charge on any atom is -0.485 e. The Hall–Kier alpha value is -2.63. The first-order valence-electron chi connectivity index (χ1n) is 8.83. The fourth-order valence-corrected chi connectivity index (χ4v) is 4.60. The van der Waals surface area contributed by atoms with Crippen LogP contribution in [0.1, 0.15) is 0 Å². The molecule has 1 fully saturated rings. The Morgan fingerprint density at radius 1 is 1.00 bits per heavy atom. The highest BCUT2D eigenvalue weighted by molar-refractivity contribution is 7.89. The van der Waals surface area contributed by atoms with Crippen molar-refractivity contribution in [2.75, 3.05) is 39.3 Å². The summed E-state index contributed by atoms with van der Waals surface area (Å²) in [5.74, 6) is -2.08. The minimum atomic E-state index is -4.27. The van der Waals surface area contributed by atoms with Gasteiger partial charge in [-0.25, -0.2) is 17.2 Å². The Balaban J connectivity index is 1.55. The number of benzene rings is 2. The number of nitro groups is 1. The second-order valence-corrected chi connectivity index (χ2v) is 8.24. The summed E-state index contributed by atoms with van der Waals surface area (Å²) in [6.45, 7) is 1.43. The highest BCUT2D eigenvalue weighted by atomic mass is 32.2. The maximum Gasteiger partial charge on any atom is 0.310 e. The lowest BCUT2D eigenvalue weighted by atomic mass is 10.3. The van der Waals surface area contributed by atoms with Crippen LogP contribution >= 0.6 is 0 Å². The Morgan fingerprint density at radius 3 is 2.24 bits per heavy atom. The first-order chi connectivity index (χ1) is 13.8. The largest absolute Gasteiger partial charge is 0.485 e. The Kier molecular flexibility index (Phi) is 6.40. The molecule has 156 valence electrons.